The third-order valence-electron chi connectivity index (χ3n) is 2.75. The molecule has 0 spiro atoms. The quantitative estimate of drug-likeness (QED) is 0.766. The summed E-state index contributed by atoms with van der Waals surface area (Å²) in [6.45, 7) is 2.65. The molecule has 1 aromatic heterocycles. The Balaban J connectivity index is 2.13. The SMILES string of the molecule is CNC(=O)c1ccc(C)c(NCc2cnc[nH]2)c1. The van der Waals surface area contributed by atoms with E-state index in [9.17, 15) is 4.79 Å². The van der Waals surface area contributed by atoms with Crippen molar-refractivity contribution in [3.05, 3.63) is 47.5 Å². The number of carbonyl (C=O) groups is 1. The van der Waals surface area contributed by atoms with Crippen LogP contribution in [-0.4, -0.2) is 22.9 Å². The molecule has 1 heterocycles. The second-order valence-corrected chi connectivity index (χ2v) is 4.04. The van der Waals surface area contributed by atoms with Gasteiger partial charge in [0.25, 0.3) is 5.91 Å². The van der Waals surface area contributed by atoms with Crippen LogP contribution in [0.1, 0.15) is 21.6 Å². The van der Waals surface area contributed by atoms with E-state index >= 15 is 0 Å². The Hall–Kier alpha value is -2.30. The van der Waals surface area contributed by atoms with Crippen molar-refractivity contribution in [1.29, 1.82) is 0 Å². The second-order valence-electron chi connectivity index (χ2n) is 4.04. The minimum Gasteiger partial charge on any atom is -0.379 e. The molecule has 18 heavy (non-hydrogen) atoms. The van der Waals surface area contributed by atoms with Gasteiger partial charge < -0.3 is 15.6 Å². The Bertz CT molecular complexity index is 534. The molecule has 0 unspecified atom stereocenters. The number of hydrogen-bond donors (Lipinski definition) is 3. The summed E-state index contributed by atoms with van der Waals surface area (Å²) in [6.07, 6.45) is 3.41. The summed E-state index contributed by atoms with van der Waals surface area (Å²) < 4.78 is 0. The van der Waals surface area contributed by atoms with Crippen LogP contribution < -0.4 is 10.6 Å². The molecule has 0 bridgehead atoms. The number of aromatic amines is 1. The highest BCUT2D eigenvalue weighted by Gasteiger charge is 2.06. The maximum Gasteiger partial charge on any atom is 0.251 e. The number of imidazole rings is 1. The fraction of sp³-hybridized carbons (Fsp3) is 0.231. The van der Waals surface area contributed by atoms with E-state index in [0.717, 1.165) is 16.9 Å². The van der Waals surface area contributed by atoms with Gasteiger partial charge in [0.15, 0.2) is 0 Å². The Kier molecular flexibility index (Phi) is 3.62. The number of hydrogen-bond acceptors (Lipinski definition) is 3. The number of benzene rings is 1. The number of nitrogens with one attached hydrogen (secondary N) is 3. The standard InChI is InChI=1S/C13H16N4O/c1-9-3-4-10(13(18)14-2)5-12(9)16-7-11-6-15-8-17-11/h3-6,8,16H,7H2,1-2H3,(H,14,18)(H,15,17). The molecule has 0 saturated carbocycles. The van der Waals surface area contributed by atoms with Crippen LogP contribution in [0.15, 0.2) is 30.7 Å². The lowest BCUT2D eigenvalue weighted by molar-refractivity contribution is 0.0963. The molecule has 2 rings (SSSR count). The van der Waals surface area contributed by atoms with Gasteiger partial charge in [0.1, 0.15) is 0 Å². The fourth-order valence-corrected chi connectivity index (χ4v) is 1.67. The van der Waals surface area contributed by atoms with Crippen LogP contribution in [-0.2, 0) is 6.54 Å². The van der Waals surface area contributed by atoms with Gasteiger partial charge in [-0.1, -0.05) is 6.07 Å². The van der Waals surface area contributed by atoms with Crippen molar-refractivity contribution < 1.29 is 4.79 Å². The molecule has 94 valence electrons. The summed E-state index contributed by atoms with van der Waals surface area (Å²) in [5, 5.41) is 5.90. The summed E-state index contributed by atoms with van der Waals surface area (Å²) in [5.41, 5.74) is 3.70. The summed E-state index contributed by atoms with van der Waals surface area (Å²) in [5.74, 6) is -0.0837. The summed E-state index contributed by atoms with van der Waals surface area (Å²) in [6, 6.07) is 5.60. The van der Waals surface area contributed by atoms with Gasteiger partial charge in [0.05, 0.1) is 18.6 Å². The Morgan fingerprint density at radius 2 is 2.28 bits per heavy atom. The van der Waals surface area contributed by atoms with Crippen LogP contribution in [0.5, 0.6) is 0 Å². The van der Waals surface area contributed by atoms with Gasteiger partial charge in [-0.3, -0.25) is 4.79 Å². The second kappa shape index (κ2) is 5.35. The van der Waals surface area contributed by atoms with Crippen LogP contribution in [0.4, 0.5) is 5.69 Å². The molecule has 1 aromatic carbocycles. The van der Waals surface area contributed by atoms with Crippen molar-refractivity contribution in [2.24, 2.45) is 0 Å². The average molecular weight is 244 g/mol. The highest BCUT2D eigenvalue weighted by Crippen LogP contribution is 2.17. The summed E-state index contributed by atoms with van der Waals surface area (Å²) in [4.78, 5) is 18.5. The first-order valence-corrected chi connectivity index (χ1v) is 5.74. The zero-order chi connectivity index (χ0) is 13.0. The highest BCUT2D eigenvalue weighted by atomic mass is 16.1. The van der Waals surface area contributed by atoms with E-state index in [0.29, 0.717) is 12.1 Å². The van der Waals surface area contributed by atoms with Crippen LogP contribution in [0.3, 0.4) is 0 Å². The third-order valence-corrected chi connectivity index (χ3v) is 2.75. The van der Waals surface area contributed by atoms with Crippen molar-refractivity contribution >= 4 is 11.6 Å². The number of aromatic nitrogens is 2. The minimum absolute atomic E-state index is 0.0837. The van der Waals surface area contributed by atoms with E-state index in [2.05, 4.69) is 20.6 Å². The molecule has 0 fully saturated rings. The fourth-order valence-electron chi connectivity index (χ4n) is 1.67. The van der Waals surface area contributed by atoms with Crippen molar-refractivity contribution in [2.75, 3.05) is 12.4 Å². The monoisotopic (exact) mass is 244 g/mol. The van der Waals surface area contributed by atoms with Crippen molar-refractivity contribution in [3.63, 3.8) is 0 Å². The van der Waals surface area contributed by atoms with Gasteiger partial charge in [-0.2, -0.15) is 0 Å². The molecule has 2 aromatic rings. The molecule has 0 aliphatic rings. The van der Waals surface area contributed by atoms with Gasteiger partial charge in [-0.25, -0.2) is 4.98 Å². The van der Waals surface area contributed by atoms with Gasteiger partial charge >= 0.3 is 0 Å². The zero-order valence-corrected chi connectivity index (χ0v) is 10.4. The van der Waals surface area contributed by atoms with E-state index in [1.807, 2.05) is 25.1 Å². The predicted octanol–water partition coefficient (Wildman–Crippen LogP) is 1.69. The highest BCUT2D eigenvalue weighted by molar-refractivity contribution is 5.95. The number of H-pyrrole nitrogens is 1. The number of amides is 1. The van der Waals surface area contributed by atoms with E-state index in [1.165, 1.54) is 0 Å². The Morgan fingerprint density at radius 3 is 2.94 bits per heavy atom. The average Bonchev–Trinajstić information content (AvgIpc) is 2.90. The van der Waals surface area contributed by atoms with Crippen LogP contribution >= 0.6 is 0 Å². The lowest BCUT2D eigenvalue weighted by atomic mass is 10.1. The largest absolute Gasteiger partial charge is 0.379 e. The summed E-state index contributed by atoms with van der Waals surface area (Å²) >= 11 is 0. The van der Waals surface area contributed by atoms with Crippen LogP contribution in [0.2, 0.25) is 0 Å². The lowest BCUT2D eigenvalue weighted by Gasteiger charge is -2.10. The van der Waals surface area contributed by atoms with Gasteiger partial charge in [-0.15, -0.1) is 0 Å². The number of anilines is 1. The molecule has 0 aliphatic heterocycles. The number of rotatable bonds is 4. The van der Waals surface area contributed by atoms with Gasteiger partial charge in [-0.05, 0) is 24.6 Å². The normalized spacial score (nSPS) is 10.1. The molecule has 3 N–H and O–H groups in total. The third kappa shape index (κ3) is 2.68. The molecule has 0 radical (unpaired) electrons. The maximum absolute atomic E-state index is 11.6. The number of aryl methyl sites for hydroxylation is 1. The van der Waals surface area contributed by atoms with E-state index in [1.54, 1.807) is 19.6 Å². The van der Waals surface area contributed by atoms with Crippen molar-refractivity contribution in [3.8, 4) is 0 Å². The Labute approximate surface area is 106 Å². The number of nitrogens with zero attached hydrogens (tertiary/aromatic N) is 1. The smallest absolute Gasteiger partial charge is 0.251 e. The molecule has 1 amide bonds. The van der Waals surface area contributed by atoms with E-state index < -0.39 is 0 Å². The molecule has 0 atom stereocenters. The van der Waals surface area contributed by atoms with Gasteiger partial charge in [0.2, 0.25) is 0 Å². The predicted molar refractivity (Wildman–Crippen MR) is 70.5 cm³/mol. The van der Waals surface area contributed by atoms with Crippen molar-refractivity contribution in [2.45, 2.75) is 13.5 Å². The molecular weight excluding hydrogens is 228 g/mol. The van der Waals surface area contributed by atoms with Crippen LogP contribution in [0.25, 0.3) is 0 Å². The maximum atomic E-state index is 11.6. The molecule has 0 saturated heterocycles. The Morgan fingerprint density at radius 1 is 1.44 bits per heavy atom. The van der Waals surface area contributed by atoms with Gasteiger partial charge in [0, 0.05) is 24.5 Å². The van der Waals surface area contributed by atoms with Crippen molar-refractivity contribution in [1.82, 2.24) is 15.3 Å². The first kappa shape index (κ1) is 12.2. The minimum atomic E-state index is -0.0837. The molecule has 0 aliphatic carbocycles. The molecule has 5 heteroatoms. The molecule has 5 nitrogen and oxygen atoms in total. The number of carbonyl (C=O) groups excluding carboxylic acids is 1. The molecular formula is C13H16N4O. The van der Waals surface area contributed by atoms with E-state index in [-0.39, 0.29) is 5.91 Å². The summed E-state index contributed by atoms with van der Waals surface area (Å²) in [7, 11) is 1.62. The first-order chi connectivity index (χ1) is 8.70. The zero-order valence-electron chi connectivity index (χ0n) is 10.4. The topological polar surface area (TPSA) is 69.8 Å². The lowest BCUT2D eigenvalue weighted by Crippen LogP contribution is -2.18. The van der Waals surface area contributed by atoms with Crippen LogP contribution in [0, 0.1) is 6.92 Å². The first-order valence-electron chi connectivity index (χ1n) is 5.74. The van der Waals surface area contributed by atoms with E-state index in [4.69, 9.17) is 0 Å².